The zero-order valence-corrected chi connectivity index (χ0v) is 11.6. The normalized spacial score (nSPS) is 18.2. The van der Waals surface area contributed by atoms with Gasteiger partial charge in [0.1, 0.15) is 4.90 Å². The number of hydrogen-bond donors (Lipinski definition) is 0. The van der Waals surface area contributed by atoms with Crippen LogP contribution in [0.4, 0.5) is 0 Å². The lowest BCUT2D eigenvalue weighted by Gasteiger charge is -2.16. The van der Waals surface area contributed by atoms with E-state index >= 15 is 0 Å². The third-order valence-corrected chi connectivity index (χ3v) is 5.16. The molecule has 1 atom stereocenters. The van der Waals surface area contributed by atoms with Crippen LogP contribution in [0.5, 0.6) is 0 Å². The highest BCUT2D eigenvalue weighted by molar-refractivity contribution is 7.90. The predicted octanol–water partition coefficient (Wildman–Crippen LogP) is 1.45. The molecule has 1 aliphatic rings. The third kappa shape index (κ3) is 2.16. The van der Waals surface area contributed by atoms with Crippen LogP contribution in [-0.2, 0) is 14.8 Å². The fraction of sp³-hybridized carbons (Fsp3) is 0.385. The van der Waals surface area contributed by atoms with E-state index in [2.05, 4.69) is 0 Å². The third-order valence-electron chi connectivity index (χ3n) is 3.37. The van der Waals surface area contributed by atoms with Crippen molar-refractivity contribution >= 4 is 21.7 Å². The number of rotatable bonds is 4. The Morgan fingerprint density at radius 3 is 2.53 bits per heavy atom. The van der Waals surface area contributed by atoms with Gasteiger partial charge in [0.25, 0.3) is 15.9 Å². The molecular formula is C13H15NO4S. The Balaban J connectivity index is 2.36. The number of carbonyl (C=O) groups excluding carboxylic acids is 2. The number of ketones is 1. The lowest BCUT2D eigenvalue weighted by atomic mass is 10.0. The Morgan fingerprint density at radius 2 is 1.95 bits per heavy atom. The van der Waals surface area contributed by atoms with Crippen LogP contribution in [-0.4, -0.2) is 31.0 Å². The SMILES string of the molecule is CCC(C)C(=O)CN1C(=O)c2ccccc2S1(=O)=O. The van der Waals surface area contributed by atoms with E-state index in [9.17, 15) is 18.0 Å². The van der Waals surface area contributed by atoms with E-state index < -0.39 is 15.9 Å². The summed E-state index contributed by atoms with van der Waals surface area (Å²) in [5.74, 6) is -1.12. The molecule has 0 aliphatic carbocycles. The van der Waals surface area contributed by atoms with Crippen molar-refractivity contribution in [2.45, 2.75) is 25.2 Å². The van der Waals surface area contributed by atoms with Gasteiger partial charge in [0, 0.05) is 5.92 Å². The highest BCUT2D eigenvalue weighted by atomic mass is 32.2. The van der Waals surface area contributed by atoms with E-state index in [4.69, 9.17) is 0 Å². The van der Waals surface area contributed by atoms with Crippen molar-refractivity contribution in [2.75, 3.05) is 6.54 Å². The van der Waals surface area contributed by atoms with Gasteiger partial charge in [0.15, 0.2) is 5.78 Å². The highest BCUT2D eigenvalue weighted by Gasteiger charge is 2.41. The molecule has 0 saturated heterocycles. The van der Waals surface area contributed by atoms with E-state index in [1.807, 2.05) is 6.92 Å². The molecule has 1 aromatic carbocycles. The molecule has 6 heteroatoms. The van der Waals surface area contributed by atoms with Crippen molar-refractivity contribution in [3.05, 3.63) is 29.8 Å². The number of fused-ring (bicyclic) bond motifs is 1. The summed E-state index contributed by atoms with van der Waals surface area (Å²) >= 11 is 0. The van der Waals surface area contributed by atoms with Gasteiger partial charge in [0.2, 0.25) is 0 Å². The number of amides is 1. The molecule has 0 N–H and O–H groups in total. The Hall–Kier alpha value is -1.69. The summed E-state index contributed by atoms with van der Waals surface area (Å²) in [5, 5.41) is 0. The van der Waals surface area contributed by atoms with E-state index in [1.54, 1.807) is 19.1 Å². The van der Waals surface area contributed by atoms with Crippen molar-refractivity contribution in [3.8, 4) is 0 Å². The van der Waals surface area contributed by atoms with Crippen LogP contribution in [0.15, 0.2) is 29.2 Å². The van der Waals surface area contributed by atoms with Crippen molar-refractivity contribution in [3.63, 3.8) is 0 Å². The zero-order chi connectivity index (χ0) is 14.2. The second kappa shape index (κ2) is 4.77. The summed E-state index contributed by atoms with van der Waals surface area (Å²) in [6.07, 6.45) is 0.619. The van der Waals surface area contributed by atoms with Gasteiger partial charge in [0.05, 0.1) is 12.1 Å². The van der Waals surface area contributed by atoms with Crippen LogP contribution < -0.4 is 0 Å². The van der Waals surface area contributed by atoms with Gasteiger partial charge in [-0.1, -0.05) is 26.0 Å². The quantitative estimate of drug-likeness (QED) is 0.837. The average molecular weight is 281 g/mol. The first-order valence-electron chi connectivity index (χ1n) is 6.08. The van der Waals surface area contributed by atoms with Crippen LogP contribution >= 0.6 is 0 Å². The molecule has 0 radical (unpaired) electrons. The number of Topliss-reactive ketones (excluding diaryl/α,β-unsaturated/α-hetero) is 1. The van der Waals surface area contributed by atoms with Crippen molar-refractivity contribution in [1.29, 1.82) is 0 Å². The van der Waals surface area contributed by atoms with Gasteiger partial charge in [-0.05, 0) is 18.6 Å². The van der Waals surface area contributed by atoms with Gasteiger partial charge in [-0.3, -0.25) is 9.59 Å². The molecule has 1 aliphatic heterocycles. The summed E-state index contributed by atoms with van der Waals surface area (Å²) in [5.41, 5.74) is 0.138. The number of sulfonamides is 1. The summed E-state index contributed by atoms with van der Waals surface area (Å²) < 4.78 is 25.1. The maximum absolute atomic E-state index is 12.2. The molecule has 0 fully saturated rings. The van der Waals surface area contributed by atoms with E-state index in [0.29, 0.717) is 10.7 Å². The van der Waals surface area contributed by atoms with Crippen molar-refractivity contribution in [1.82, 2.24) is 4.31 Å². The molecular weight excluding hydrogens is 266 g/mol. The molecule has 1 unspecified atom stereocenters. The van der Waals surface area contributed by atoms with Crippen LogP contribution in [0.25, 0.3) is 0 Å². The molecule has 5 nitrogen and oxygen atoms in total. The van der Waals surface area contributed by atoms with Gasteiger partial charge >= 0.3 is 0 Å². The average Bonchev–Trinajstić information content (AvgIpc) is 2.59. The van der Waals surface area contributed by atoms with E-state index in [0.717, 1.165) is 0 Å². The Bertz CT molecular complexity index is 636. The van der Waals surface area contributed by atoms with Crippen LogP contribution in [0.2, 0.25) is 0 Å². The molecule has 2 rings (SSSR count). The Kier molecular flexibility index (Phi) is 3.45. The minimum absolute atomic E-state index is 0.0167. The molecule has 1 aromatic rings. The highest BCUT2D eigenvalue weighted by Crippen LogP contribution is 2.29. The lowest BCUT2D eigenvalue weighted by molar-refractivity contribution is -0.122. The van der Waals surface area contributed by atoms with Crippen molar-refractivity contribution in [2.24, 2.45) is 5.92 Å². The molecule has 102 valence electrons. The standard InChI is InChI=1S/C13H15NO4S/c1-3-9(2)11(15)8-14-13(16)10-6-4-5-7-12(10)19(14,17)18/h4-7,9H,3,8H2,1-2H3. The second-order valence-corrected chi connectivity index (χ2v) is 6.42. The molecule has 19 heavy (non-hydrogen) atoms. The zero-order valence-electron chi connectivity index (χ0n) is 10.8. The number of nitrogens with zero attached hydrogens (tertiary/aromatic N) is 1. The maximum Gasteiger partial charge on any atom is 0.269 e. The fourth-order valence-corrected chi connectivity index (χ4v) is 3.45. The Morgan fingerprint density at radius 1 is 1.32 bits per heavy atom. The largest absolute Gasteiger partial charge is 0.297 e. The first kappa shape index (κ1) is 13.7. The van der Waals surface area contributed by atoms with Gasteiger partial charge in [-0.2, -0.15) is 0 Å². The molecule has 0 spiro atoms. The summed E-state index contributed by atoms with van der Waals surface area (Å²) in [7, 11) is -3.87. The van der Waals surface area contributed by atoms with Gasteiger partial charge in [-0.15, -0.1) is 0 Å². The van der Waals surface area contributed by atoms with Crippen molar-refractivity contribution < 1.29 is 18.0 Å². The van der Waals surface area contributed by atoms with E-state index in [1.165, 1.54) is 12.1 Å². The first-order chi connectivity index (χ1) is 8.89. The van der Waals surface area contributed by atoms with Crippen LogP contribution in [0, 0.1) is 5.92 Å². The first-order valence-corrected chi connectivity index (χ1v) is 7.52. The molecule has 0 saturated carbocycles. The van der Waals surface area contributed by atoms with E-state index in [-0.39, 0.29) is 28.7 Å². The van der Waals surface area contributed by atoms with Gasteiger partial charge in [-0.25, -0.2) is 12.7 Å². The second-order valence-electron chi connectivity index (χ2n) is 4.59. The number of benzene rings is 1. The smallest absolute Gasteiger partial charge is 0.269 e. The summed E-state index contributed by atoms with van der Waals surface area (Å²) in [4.78, 5) is 23.9. The molecule has 0 aromatic heterocycles. The summed E-state index contributed by atoms with van der Waals surface area (Å²) in [6.45, 7) is 3.19. The molecule has 1 heterocycles. The minimum Gasteiger partial charge on any atom is -0.297 e. The molecule has 0 bridgehead atoms. The maximum atomic E-state index is 12.2. The predicted molar refractivity (Wildman–Crippen MR) is 69.1 cm³/mol. The number of hydrogen-bond acceptors (Lipinski definition) is 4. The van der Waals surface area contributed by atoms with Crippen LogP contribution in [0.1, 0.15) is 30.6 Å². The summed E-state index contributed by atoms with van der Waals surface area (Å²) in [6, 6.07) is 6.01. The topological polar surface area (TPSA) is 71.5 Å². The lowest BCUT2D eigenvalue weighted by Crippen LogP contribution is -2.36. The fourth-order valence-electron chi connectivity index (χ4n) is 1.91. The minimum atomic E-state index is -3.87. The van der Waals surface area contributed by atoms with Gasteiger partial charge < -0.3 is 0 Å². The van der Waals surface area contributed by atoms with Crippen LogP contribution in [0.3, 0.4) is 0 Å². The Labute approximate surface area is 112 Å². The molecule has 1 amide bonds. The number of carbonyl (C=O) groups is 2. The monoisotopic (exact) mass is 281 g/mol.